The van der Waals surface area contributed by atoms with Crippen molar-refractivity contribution in [1.29, 1.82) is 0 Å². The lowest BCUT2D eigenvalue weighted by atomic mass is 10.1. The van der Waals surface area contributed by atoms with Gasteiger partial charge in [0.2, 0.25) is 5.91 Å². The second-order valence-corrected chi connectivity index (χ2v) is 5.82. The zero-order chi connectivity index (χ0) is 15.4. The lowest BCUT2D eigenvalue weighted by molar-refractivity contribution is -0.116. The summed E-state index contributed by atoms with van der Waals surface area (Å²) in [6.45, 7) is 4.31. The predicted molar refractivity (Wildman–Crippen MR) is 88.3 cm³/mol. The molecule has 1 saturated heterocycles. The summed E-state index contributed by atoms with van der Waals surface area (Å²) in [5.41, 5.74) is 3.26. The van der Waals surface area contributed by atoms with E-state index in [1.54, 1.807) is 6.26 Å². The lowest BCUT2D eigenvalue weighted by Crippen LogP contribution is -2.18. The van der Waals surface area contributed by atoms with Crippen molar-refractivity contribution in [1.82, 2.24) is 0 Å². The molecule has 0 saturated carbocycles. The highest BCUT2D eigenvalue weighted by Crippen LogP contribution is 2.25. The van der Waals surface area contributed by atoms with Crippen molar-refractivity contribution < 1.29 is 9.21 Å². The SMILES string of the molecule is Cc1cc(N2CCCC2)ccc1NC(=O)CCc1ccco1. The summed E-state index contributed by atoms with van der Waals surface area (Å²) in [6.07, 6.45) is 5.23. The van der Waals surface area contributed by atoms with Gasteiger partial charge in [-0.05, 0) is 55.7 Å². The van der Waals surface area contributed by atoms with Crippen LogP contribution in [0.15, 0.2) is 41.0 Å². The van der Waals surface area contributed by atoms with Crippen molar-refractivity contribution in [3.8, 4) is 0 Å². The first-order valence-electron chi connectivity index (χ1n) is 7.90. The van der Waals surface area contributed by atoms with Gasteiger partial charge < -0.3 is 14.6 Å². The van der Waals surface area contributed by atoms with E-state index >= 15 is 0 Å². The summed E-state index contributed by atoms with van der Waals surface area (Å²) >= 11 is 0. The molecule has 1 aliphatic rings. The molecule has 1 amide bonds. The highest BCUT2D eigenvalue weighted by atomic mass is 16.3. The van der Waals surface area contributed by atoms with Gasteiger partial charge in [0.05, 0.1) is 6.26 Å². The Morgan fingerprint density at radius 2 is 2.09 bits per heavy atom. The van der Waals surface area contributed by atoms with Gasteiger partial charge in [0.25, 0.3) is 0 Å². The molecule has 1 fully saturated rings. The van der Waals surface area contributed by atoms with Crippen LogP contribution in [-0.4, -0.2) is 19.0 Å². The molecule has 0 atom stereocenters. The molecule has 1 aromatic carbocycles. The molecule has 0 unspecified atom stereocenters. The van der Waals surface area contributed by atoms with Crippen LogP contribution >= 0.6 is 0 Å². The van der Waals surface area contributed by atoms with Crippen molar-refractivity contribution >= 4 is 17.3 Å². The Morgan fingerprint density at radius 1 is 1.27 bits per heavy atom. The van der Waals surface area contributed by atoms with E-state index in [1.165, 1.54) is 18.5 Å². The fourth-order valence-electron chi connectivity index (χ4n) is 2.86. The third-order valence-electron chi connectivity index (χ3n) is 4.13. The predicted octanol–water partition coefficient (Wildman–Crippen LogP) is 3.76. The highest BCUT2D eigenvalue weighted by molar-refractivity contribution is 5.91. The maximum atomic E-state index is 12.0. The first-order chi connectivity index (χ1) is 10.7. The van der Waals surface area contributed by atoms with Crippen molar-refractivity contribution in [2.24, 2.45) is 0 Å². The third kappa shape index (κ3) is 3.50. The summed E-state index contributed by atoms with van der Waals surface area (Å²) < 4.78 is 5.25. The summed E-state index contributed by atoms with van der Waals surface area (Å²) in [5, 5.41) is 2.99. The van der Waals surface area contributed by atoms with Gasteiger partial charge in [-0.15, -0.1) is 0 Å². The molecule has 2 aromatic rings. The number of furan rings is 1. The van der Waals surface area contributed by atoms with Crippen molar-refractivity contribution in [2.75, 3.05) is 23.3 Å². The van der Waals surface area contributed by atoms with Crippen molar-refractivity contribution in [3.63, 3.8) is 0 Å². The van der Waals surface area contributed by atoms with Crippen LogP contribution in [0.2, 0.25) is 0 Å². The fraction of sp³-hybridized carbons (Fsp3) is 0.389. The summed E-state index contributed by atoms with van der Waals surface area (Å²) in [4.78, 5) is 14.4. The standard InChI is InChI=1S/C18H22N2O2/c1-14-13-15(20-10-2-3-11-20)6-8-17(14)19-18(21)9-7-16-5-4-12-22-16/h4-6,8,12-13H,2-3,7,9-11H2,1H3,(H,19,21). The average Bonchev–Trinajstić information content (AvgIpc) is 3.20. The number of aryl methyl sites for hydroxylation is 2. The number of hydrogen-bond donors (Lipinski definition) is 1. The largest absolute Gasteiger partial charge is 0.469 e. The van der Waals surface area contributed by atoms with Gasteiger partial charge in [-0.1, -0.05) is 0 Å². The van der Waals surface area contributed by atoms with E-state index < -0.39 is 0 Å². The number of amides is 1. The maximum Gasteiger partial charge on any atom is 0.224 e. The molecule has 4 nitrogen and oxygen atoms in total. The molecule has 3 rings (SSSR count). The lowest BCUT2D eigenvalue weighted by Gasteiger charge is -2.19. The highest BCUT2D eigenvalue weighted by Gasteiger charge is 2.13. The normalized spacial score (nSPS) is 14.3. The van der Waals surface area contributed by atoms with Crippen LogP contribution in [0.4, 0.5) is 11.4 Å². The molecule has 22 heavy (non-hydrogen) atoms. The molecule has 116 valence electrons. The Labute approximate surface area is 131 Å². The van der Waals surface area contributed by atoms with Crippen LogP contribution in [0.5, 0.6) is 0 Å². The van der Waals surface area contributed by atoms with Crippen LogP contribution in [-0.2, 0) is 11.2 Å². The zero-order valence-electron chi connectivity index (χ0n) is 13.0. The molecular weight excluding hydrogens is 276 g/mol. The van der Waals surface area contributed by atoms with Gasteiger partial charge in [0, 0.05) is 37.3 Å². The van der Waals surface area contributed by atoms with Gasteiger partial charge in [0.15, 0.2) is 0 Å². The number of carbonyl (C=O) groups excluding carboxylic acids is 1. The summed E-state index contributed by atoms with van der Waals surface area (Å²) in [6, 6.07) is 10.00. The Bertz CT molecular complexity index is 629. The number of rotatable bonds is 5. The first kappa shape index (κ1) is 14.7. The van der Waals surface area contributed by atoms with Crippen LogP contribution in [0.1, 0.15) is 30.6 Å². The molecule has 0 bridgehead atoms. The van der Waals surface area contributed by atoms with Crippen molar-refractivity contribution in [2.45, 2.75) is 32.6 Å². The summed E-state index contributed by atoms with van der Waals surface area (Å²) in [5.74, 6) is 0.865. The molecule has 1 aromatic heterocycles. The van der Waals surface area contributed by atoms with Crippen LogP contribution < -0.4 is 10.2 Å². The van der Waals surface area contributed by atoms with E-state index in [9.17, 15) is 4.79 Å². The second kappa shape index (κ2) is 6.69. The Kier molecular flexibility index (Phi) is 4.47. The number of carbonyl (C=O) groups is 1. The van der Waals surface area contributed by atoms with Crippen LogP contribution in [0, 0.1) is 6.92 Å². The molecule has 0 radical (unpaired) electrons. The first-order valence-corrected chi connectivity index (χ1v) is 7.90. The molecular formula is C18H22N2O2. The minimum atomic E-state index is 0.0217. The van der Waals surface area contributed by atoms with Gasteiger partial charge >= 0.3 is 0 Å². The number of anilines is 2. The number of hydrogen-bond acceptors (Lipinski definition) is 3. The van der Waals surface area contributed by atoms with Crippen LogP contribution in [0.25, 0.3) is 0 Å². The topological polar surface area (TPSA) is 45.5 Å². The number of nitrogens with zero attached hydrogens (tertiary/aromatic N) is 1. The molecule has 4 heteroatoms. The van der Waals surface area contributed by atoms with E-state index in [0.29, 0.717) is 12.8 Å². The smallest absolute Gasteiger partial charge is 0.224 e. The van der Waals surface area contributed by atoms with Crippen LogP contribution in [0.3, 0.4) is 0 Å². The average molecular weight is 298 g/mol. The molecule has 1 aliphatic heterocycles. The zero-order valence-corrected chi connectivity index (χ0v) is 13.0. The Balaban J connectivity index is 1.58. The Hall–Kier alpha value is -2.23. The Morgan fingerprint density at radius 3 is 2.77 bits per heavy atom. The second-order valence-electron chi connectivity index (χ2n) is 5.82. The molecule has 0 aliphatic carbocycles. The minimum absolute atomic E-state index is 0.0217. The van der Waals surface area contributed by atoms with E-state index in [1.807, 2.05) is 25.1 Å². The van der Waals surface area contributed by atoms with Gasteiger partial charge in [-0.3, -0.25) is 4.79 Å². The van der Waals surface area contributed by atoms with E-state index in [4.69, 9.17) is 4.42 Å². The van der Waals surface area contributed by atoms with Gasteiger partial charge in [-0.25, -0.2) is 0 Å². The molecule has 0 spiro atoms. The minimum Gasteiger partial charge on any atom is -0.469 e. The number of benzene rings is 1. The monoisotopic (exact) mass is 298 g/mol. The summed E-state index contributed by atoms with van der Waals surface area (Å²) in [7, 11) is 0. The third-order valence-corrected chi connectivity index (χ3v) is 4.13. The molecule has 1 N–H and O–H groups in total. The van der Waals surface area contributed by atoms with E-state index in [0.717, 1.165) is 30.1 Å². The quantitative estimate of drug-likeness (QED) is 0.914. The number of nitrogens with one attached hydrogen (secondary N) is 1. The van der Waals surface area contributed by atoms with E-state index in [-0.39, 0.29) is 5.91 Å². The maximum absolute atomic E-state index is 12.0. The van der Waals surface area contributed by atoms with Gasteiger partial charge in [0.1, 0.15) is 5.76 Å². The van der Waals surface area contributed by atoms with Crippen molar-refractivity contribution in [3.05, 3.63) is 47.9 Å². The van der Waals surface area contributed by atoms with Gasteiger partial charge in [-0.2, -0.15) is 0 Å². The van der Waals surface area contributed by atoms with E-state index in [2.05, 4.69) is 22.3 Å². The molecule has 2 heterocycles. The fourth-order valence-corrected chi connectivity index (χ4v) is 2.86.